The molecular formula is C18H23NO2. The van der Waals surface area contributed by atoms with Crippen LogP contribution in [0.3, 0.4) is 0 Å². The second-order valence-electron chi connectivity index (χ2n) is 6.17. The fourth-order valence-electron chi connectivity index (χ4n) is 3.44. The normalized spacial score (nSPS) is 18.0. The first-order valence-electron chi connectivity index (χ1n) is 8.03. The molecular weight excluding hydrogens is 262 g/mol. The second-order valence-corrected chi connectivity index (χ2v) is 6.17. The van der Waals surface area contributed by atoms with E-state index >= 15 is 0 Å². The molecule has 1 aliphatic rings. The van der Waals surface area contributed by atoms with Gasteiger partial charge in [0.15, 0.2) is 0 Å². The van der Waals surface area contributed by atoms with Crippen molar-refractivity contribution in [3.63, 3.8) is 0 Å². The number of pyridine rings is 1. The number of hydrogen-bond acceptors (Lipinski definition) is 2. The number of rotatable bonds is 3. The van der Waals surface area contributed by atoms with Crippen LogP contribution < -0.4 is 5.56 Å². The van der Waals surface area contributed by atoms with Crippen molar-refractivity contribution in [3.05, 3.63) is 45.7 Å². The van der Waals surface area contributed by atoms with Gasteiger partial charge < -0.3 is 10.1 Å². The molecule has 0 radical (unpaired) electrons. The third-order valence-electron chi connectivity index (χ3n) is 4.76. The average molecular weight is 285 g/mol. The molecule has 0 bridgehead atoms. The lowest BCUT2D eigenvalue weighted by Gasteiger charge is -2.27. The van der Waals surface area contributed by atoms with E-state index in [2.05, 4.69) is 4.98 Å². The highest BCUT2D eigenvalue weighted by molar-refractivity contribution is 5.79. The molecule has 1 fully saturated rings. The van der Waals surface area contributed by atoms with Crippen molar-refractivity contribution in [3.8, 4) is 0 Å². The van der Waals surface area contributed by atoms with Crippen LogP contribution >= 0.6 is 0 Å². The number of hydrogen-bond donors (Lipinski definition) is 2. The van der Waals surface area contributed by atoms with E-state index in [9.17, 15) is 9.90 Å². The van der Waals surface area contributed by atoms with Gasteiger partial charge in [-0.25, -0.2) is 0 Å². The summed E-state index contributed by atoms with van der Waals surface area (Å²) in [5, 5.41) is 11.6. The molecule has 1 aliphatic carbocycles. The van der Waals surface area contributed by atoms with Crippen molar-refractivity contribution < 1.29 is 5.11 Å². The van der Waals surface area contributed by atoms with E-state index < -0.39 is 0 Å². The molecule has 1 aromatic carbocycles. The van der Waals surface area contributed by atoms with E-state index in [4.69, 9.17) is 0 Å². The number of aliphatic hydroxyl groups excluding tert-OH is 1. The Morgan fingerprint density at radius 1 is 1.24 bits per heavy atom. The Morgan fingerprint density at radius 3 is 2.71 bits per heavy atom. The quantitative estimate of drug-likeness (QED) is 0.903. The van der Waals surface area contributed by atoms with Crippen molar-refractivity contribution in [2.45, 2.75) is 51.6 Å². The van der Waals surface area contributed by atoms with Crippen molar-refractivity contribution in [2.75, 3.05) is 0 Å². The molecule has 3 nitrogen and oxygen atoms in total. The number of aromatic amines is 1. The Kier molecular flexibility index (Phi) is 4.11. The Balaban J connectivity index is 1.95. The number of H-pyrrole nitrogens is 1. The number of nitrogens with one attached hydrogen (secondary N) is 1. The molecule has 3 heteroatoms. The zero-order valence-electron chi connectivity index (χ0n) is 12.6. The maximum Gasteiger partial charge on any atom is 0.251 e. The fourth-order valence-corrected chi connectivity index (χ4v) is 3.44. The molecule has 21 heavy (non-hydrogen) atoms. The van der Waals surface area contributed by atoms with Gasteiger partial charge in [-0.05, 0) is 54.3 Å². The number of aliphatic hydroxyl groups is 1. The van der Waals surface area contributed by atoms with E-state index in [1.165, 1.54) is 19.3 Å². The summed E-state index contributed by atoms with van der Waals surface area (Å²) in [4.78, 5) is 14.7. The summed E-state index contributed by atoms with van der Waals surface area (Å²) in [7, 11) is 0. The van der Waals surface area contributed by atoms with Gasteiger partial charge in [0.1, 0.15) is 0 Å². The lowest BCUT2D eigenvalue weighted by atomic mass is 9.82. The largest absolute Gasteiger partial charge is 0.388 e. The van der Waals surface area contributed by atoms with Crippen LogP contribution in [0.4, 0.5) is 0 Å². The SMILES string of the molecule is CCc1cc2cc(C(O)C3CCCCC3)ccc2[nH]c1=O. The van der Waals surface area contributed by atoms with Crippen LogP contribution in [-0.2, 0) is 6.42 Å². The standard InChI is InChI=1S/C18H23NO2/c1-2-12-10-15-11-14(8-9-16(15)19-18(12)21)17(20)13-6-4-3-5-7-13/h8-11,13,17,20H,2-7H2,1H3,(H,19,21). The highest BCUT2D eigenvalue weighted by Crippen LogP contribution is 2.35. The van der Waals surface area contributed by atoms with Gasteiger partial charge in [-0.1, -0.05) is 32.3 Å². The van der Waals surface area contributed by atoms with Crippen molar-refractivity contribution in [2.24, 2.45) is 5.92 Å². The third kappa shape index (κ3) is 2.88. The number of benzene rings is 1. The van der Waals surface area contributed by atoms with Crippen LogP contribution in [0.1, 0.15) is 56.3 Å². The van der Waals surface area contributed by atoms with Crippen LogP contribution in [0.5, 0.6) is 0 Å². The monoisotopic (exact) mass is 285 g/mol. The molecule has 0 amide bonds. The molecule has 1 unspecified atom stereocenters. The third-order valence-corrected chi connectivity index (χ3v) is 4.76. The number of aromatic nitrogens is 1. The zero-order valence-corrected chi connectivity index (χ0v) is 12.6. The highest BCUT2D eigenvalue weighted by atomic mass is 16.3. The van der Waals surface area contributed by atoms with Crippen LogP contribution in [0, 0.1) is 5.92 Å². The molecule has 1 atom stereocenters. The highest BCUT2D eigenvalue weighted by Gasteiger charge is 2.23. The first-order valence-corrected chi connectivity index (χ1v) is 8.03. The fraction of sp³-hybridized carbons (Fsp3) is 0.500. The zero-order chi connectivity index (χ0) is 14.8. The first kappa shape index (κ1) is 14.3. The maximum absolute atomic E-state index is 11.8. The minimum Gasteiger partial charge on any atom is -0.388 e. The summed E-state index contributed by atoms with van der Waals surface area (Å²) in [6.45, 7) is 1.98. The molecule has 112 valence electrons. The van der Waals surface area contributed by atoms with Gasteiger partial charge >= 0.3 is 0 Å². The van der Waals surface area contributed by atoms with Gasteiger partial charge in [0.25, 0.3) is 5.56 Å². The Bertz CT molecular complexity index is 683. The summed E-state index contributed by atoms with van der Waals surface area (Å²) in [5.74, 6) is 0.379. The van der Waals surface area contributed by atoms with E-state index in [1.54, 1.807) is 0 Å². The summed E-state index contributed by atoms with van der Waals surface area (Å²) in [5.41, 5.74) is 2.61. The Morgan fingerprint density at radius 2 is 2.00 bits per heavy atom. The minimum atomic E-state index is -0.383. The summed E-state index contributed by atoms with van der Waals surface area (Å²) >= 11 is 0. The van der Waals surface area contributed by atoms with E-state index in [1.807, 2.05) is 31.2 Å². The predicted octanol–water partition coefficient (Wildman–Crippen LogP) is 3.70. The molecule has 1 saturated carbocycles. The van der Waals surface area contributed by atoms with Crippen molar-refractivity contribution in [1.29, 1.82) is 0 Å². The molecule has 0 aliphatic heterocycles. The summed E-state index contributed by atoms with van der Waals surface area (Å²) in [6.07, 6.45) is 6.32. The number of fused-ring (bicyclic) bond motifs is 1. The van der Waals surface area contributed by atoms with Crippen molar-refractivity contribution in [1.82, 2.24) is 4.98 Å². The first-order chi connectivity index (χ1) is 10.2. The molecule has 3 rings (SSSR count). The average Bonchev–Trinajstić information content (AvgIpc) is 2.54. The lowest BCUT2D eigenvalue weighted by Crippen LogP contribution is -2.16. The Hall–Kier alpha value is -1.61. The molecule has 0 saturated heterocycles. The predicted molar refractivity (Wildman–Crippen MR) is 85.5 cm³/mol. The van der Waals surface area contributed by atoms with Gasteiger partial charge in [-0.15, -0.1) is 0 Å². The van der Waals surface area contributed by atoms with Gasteiger partial charge in [0.2, 0.25) is 0 Å². The van der Waals surface area contributed by atoms with Gasteiger partial charge in [-0.2, -0.15) is 0 Å². The minimum absolute atomic E-state index is 0.00872. The van der Waals surface area contributed by atoms with E-state index in [0.717, 1.165) is 41.3 Å². The van der Waals surface area contributed by atoms with Crippen molar-refractivity contribution >= 4 is 10.9 Å². The second kappa shape index (κ2) is 6.02. The van der Waals surface area contributed by atoms with Gasteiger partial charge in [0.05, 0.1) is 6.10 Å². The van der Waals surface area contributed by atoms with Crippen LogP contribution in [0.25, 0.3) is 10.9 Å². The van der Waals surface area contributed by atoms with Gasteiger partial charge in [-0.3, -0.25) is 4.79 Å². The molecule has 1 heterocycles. The van der Waals surface area contributed by atoms with Crippen LogP contribution in [0.15, 0.2) is 29.1 Å². The molecule has 0 spiro atoms. The summed E-state index contributed by atoms with van der Waals surface area (Å²) < 4.78 is 0. The van der Waals surface area contributed by atoms with Gasteiger partial charge in [0, 0.05) is 11.1 Å². The summed E-state index contributed by atoms with van der Waals surface area (Å²) in [6, 6.07) is 7.84. The number of aryl methyl sites for hydroxylation is 1. The molecule has 2 aromatic rings. The molecule has 1 aromatic heterocycles. The van der Waals surface area contributed by atoms with Crippen LogP contribution in [-0.4, -0.2) is 10.1 Å². The lowest BCUT2D eigenvalue weighted by molar-refractivity contribution is 0.0849. The smallest absolute Gasteiger partial charge is 0.251 e. The van der Waals surface area contributed by atoms with E-state index in [0.29, 0.717) is 5.92 Å². The van der Waals surface area contributed by atoms with Crippen LogP contribution in [0.2, 0.25) is 0 Å². The molecule has 2 N–H and O–H groups in total. The van der Waals surface area contributed by atoms with E-state index in [-0.39, 0.29) is 11.7 Å². The maximum atomic E-state index is 11.8. The Labute approximate surface area is 125 Å². The topological polar surface area (TPSA) is 53.1 Å².